The first-order valence-corrected chi connectivity index (χ1v) is 10.9. The van der Waals surface area contributed by atoms with E-state index in [1.807, 2.05) is 17.0 Å². The van der Waals surface area contributed by atoms with Gasteiger partial charge in [0.05, 0.1) is 12.8 Å². The first-order chi connectivity index (χ1) is 14.5. The Morgan fingerprint density at radius 3 is 2.20 bits per heavy atom. The average molecular weight is 408 g/mol. The van der Waals surface area contributed by atoms with Crippen molar-refractivity contribution in [2.45, 2.75) is 50.6 Å². The summed E-state index contributed by atoms with van der Waals surface area (Å²) < 4.78 is 11.4. The number of rotatable bonds is 7. The molecule has 2 amide bonds. The number of carbonyl (C=O) groups excluding carboxylic acids is 2. The van der Waals surface area contributed by atoms with Crippen molar-refractivity contribution in [3.63, 3.8) is 0 Å². The van der Waals surface area contributed by atoms with Gasteiger partial charge in [-0.3, -0.25) is 9.59 Å². The van der Waals surface area contributed by atoms with Crippen molar-refractivity contribution in [2.75, 3.05) is 6.61 Å². The molecule has 4 saturated carbocycles. The zero-order valence-electron chi connectivity index (χ0n) is 17.1. The van der Waals surface area contributed by atoms with Gasteiger partial charge in [-0.2, -0.15) is 0 Å². The van der Waals surface area contributed by atoms with Gasteiger partial charge < -0.3 is 19.8 Å². The van der Waals surface area contributed by atoms with Crippen LogP contribution < -0.4 is 10.5 Å². The van der Waals surface area contributed by atoms with Gasteiger partial charge in [-0.1, -0.05) is 0 Å². The van der Waals surface area contributed by atoms with Crippen LogP contribution in [0.3, 0.4) is 0 Å². The molecule has 0 saturated heterocycles. The molecular formula is C24H28N2O4. The SMILES string of the molecule is NC(=O)c1ccc(OCC(=O)N(Cc2ccco2)C23CC4CC(CC(C4)C2)C3)cc1. The maximum atomic E-state index is 13.4. The maximum absolute atomic E-state index is 13.4. The van der Waals surface area contributed by atoms with Gasteiger partial charge in [-0.25, -0.2) is 0 Å². The Morgan fingerprint density at radius 2 is 1.67 bits per heavy atom. The third-order valence-electron chi connectivity index (χ3n) is 7.27. The Balaban J connectivity index is 1.34. The minimum Gasteiger partial charge on any atom is -0.484 e. The fraction of sp³-hybridized carbons (Fsp3) is 0.500. The summed E-state index contributed by atoms with van der Waals surface area (Å²) >= 11 is 0. The monoisotopic (exact) mass is 408 g/mol. The number of furan rings is 1. The lowest BCUT2D eigenvalue weighted by atomic mass is 9.52. The smallest absolute Gasteiger partial charge is 0.261 e. The van der Waals surface area contributed by atoms with Crippen LogP contribution in [0.2, 0.25) is 0 Å². The van der Waals surface area contributed by atoms with Crippen molar-refractivity contribution < 1.29 is 18.7 Å². The van der Waals surface area contributed by atoms with E-state index in [1.54, 1.807) is 30.5 Å². The average Bonchev–Trinajstić information content (AvgIpc) is 3.23. The summed E-state index contributed by atoms with van der Waals surface area (Å²) in [7, 11) is 0. The molecule has 0 atom stereocenters. The number of primary amides is 1. The van der Waals surface area contributed by atoms with Crippen LogP contribution in [-0.2, 0) is 11.3 Å². The van der Waals surface area contributed by atoms with E-state index in [0.29, 0.717) is 17.9 Å². The summed E-state index contributed by atoms with van der Waals surface area (Å²) in [6, 6.07) is 10.4. The molecule has 6 heteroatoms. The fourth-order valence-electron chi connectivity index (χ4n) is 6.41. The van der Waals surface area contributed by atoms with Gasteiger partial charge in [0.1, 0.15) is 11.5 Å². The first kappa shape index (κ1) is 19.2. The topological polar surface area (TPSA) is 85.8 Å². The Kier molecular flexibility index (Phi) is 4.80. The van der Waals surface area contributed by atoms with E-state index >= 15 is 0 Å². The van der Waals surface area contributed by atoms with Gasteiger partial charge in [-0.15, -0.1) is 0 Å². The number of benzene rings is 1. The van der Waals surface area contributed by atoms with E-state index < -0.39 is 5.91 Å². The fourth-order valence-corrected chi connectivity index (χ4v) is 6.41. The zero-order chi connectivity index (χ0) is 20.7. The highest BCUT2D eigenvalue weighted by Gasteiger charge is 2.54. The van der Waals surface area contributed by atoms with Gasteiger partial charge in [0.15, 0.2) is 6.61 Å². The van der Waals surface area contributed by atoms with E-state index in [2.05, 4.69) is 0 Å². The molecule has 6 rings (SSSR count). The molecule has 6 nitrogen and oxygen atoms in total. The molecule has 2 aromatic rings. The number of amides is 2. The van der Waals surface area contributed by atoms with Gasteiger partial charge in [0.2, 0.25) is 5.91 Å². The largest absolute Gasteiger partial charge is 0.484 e. The molecule has 1 aromatic carbocycles. The molecule has 1 aromatic heterocycles. The zero-order valence-corrected chi connectivity index (χ0v) is 17.1. The molecule has 0 radical (unpaired) electrons. The molecule has 4 bridgehead atoms. The molecule has 30 heavy (non-hydrogen) atoms. The number of hydrogen-bond donors (Lipinski definition) is 1. The molecule has 0 aliphatic heterocycles. The lowest BCUT2D eigenvalue weighted by Crippen LogP contribution is -2.61. The Bertz CT molecular complexity index is 884. The van der Waals surface area contributed by atoms with Crippen molar-refractivity contribution in [1.82, 2.24) is 4.90 Å². The van der Waals surface area contributed by atoms with Gasteiger partial charge in [-0.05, 0) is 92.7 Å². The van der Waals surface area contributed by atoms with Crippen LogP contribution in [0.25, 0.3) is 0 Å². The highest BCUT2D eigenvalue weighted by atomic mass is 16.5. The molecule has 4 fully saturated rings. The van der Waals surface area contributed by atoms with Crippen LogP contribution in [0.15, 0.2) is 47.1 Å². The van der Waals surface area contributed by atoms with Crippen molar-refractivity contribution in [3.8, 4) is 5.75 Å². The van der Waals surface area contributed by atoms with Gasteiger partial charge in [0, 0.05) is 11.1 Å². The lowest BCUT2D eigenvalue weighted by Gasteiger charge is -2.60. The molecule has 158 valence electrons. The summed E-state index contributed by atoms with van der Waals surface area (Å²) in [5.74, 6) is 3.10. The van der Waals surface area contributed by atoms with Gasteiger partial charge in [0.25, 0.3) is 5.91 Å². The van der Waals surface area contributed by atoms with Gasteiger partial charge >= 0.3 is 0 Å². The predicted molar refractivity (Wildman–Crippen MR) is 111 cm³/mol. The van der Waals surface area contributed by atoms with Crippen molar-refractivity contribution in [1.29, 1.82) is 0 Å². The van der Waals surface area contributed by atoms with E-state index in [9.17, 15) is 9.59 Å². The Hall–Kier alpha value is -2.76. The quantitative estimate of drug-likeness (QED) is 0.756. The van der Waals surface area contributed by atoms with Crippen molar-refractivity contribution in [2.24, 2.45) is 23.5 Å². The highest BCUT2D eigenvalue weighted by Crippen LogP contribution is 2.58. The number of hydrogen-bond acceptors (Lipinski definition) is 4. The van der Waals surface area contributed by atoms with E-state index in [1.165, 1.54) is 19.3 Å². The first-order valence-electron chi connectivity index (χ1n) is 10.9. The maximum Gasteiger partial charge on any atom is 0.261 e. The summed E-state index contributed by atoms with van der Waals surface area (Å²) in [5.41, 5.74) is 5.63. The minimum absolute atomic E-state index is 0.00710. The minimum atomic E-state index is -0.482. The standard InChI is InChI=1S/C24H28N2O4/c25-23(28)19-3-5-20(6-4-19)30-15-22(27)26(14-21-2-1-7-29-21)24-11-16-8-17(12-24)10-18(9-16)13-24/h1-7,16-18H,8-15H2,(H2,25,28). The van der Waals surface area contributed by atoms with Crippen LogP contribution in [0.1, 0.15) is 54.6 Å². The summed E-state index contributed by atoms with van der Waals surface area (Å²) in [4.78, 5) is 26.7. The number of nitrogens with two attached hydrogens (primary N) is 1. The molecule has 0 spiro atoms. The van der Waals surface area contributed by atoms with Crippen LogP contribution >= 0.6 is 0 Å². The number of ether oxygens (including phenoxy) is 1. The van der Waals surface area contributed by atoms with E-state index in [-0.39, 0.29) is 18.1 Å². The molecule has 4 aliphatic rings. The second kappa shape index (κ2) is 7.49. The summed E-state index contributed by atoms with van der Waals surface area (Å²) in [6.45, 7) is 0.459. The normalized spacial score (nSPS) is 29.0. The summed E-state index contributed by atoms with van der Waals surface area (Å²) in [5, 5.41) is 0. The summed E-state index contributed by atoms with van der Waals surface area (Å²) in [6.07, 6.45) is 8.92. The molecule has 1 heterocycles. The van der Waals surface area contributed by atoms with Crippen molar-refractivity contribution in [3.05, 3.63) is 54.0 Å². The predicted octanol–water partition coefficient (Wildman–Crippen LogP) is 3.75. The Labute approximate surface area is 176 Å². The third-order valence-corrected chi connectivity index (χ3v) is 7.27. The lowest BCUT2D eigenvalue weighted by molar-refractivity contribution is -0.155. The van der Waals surface area contributed by atoms with E-state index in [4.69, 9.17) is 14.9 Å². The number of carbonyl (C=O) groups is 2. The Morgan fingerprint density at radius 1 is 1.03 bits per heavy atom. The van der Waals surface area contributed by atoms with E-state index in [0.717, 1.165) is 42.8 Å². The van der Waals surface area contributed by atoms with Crippen LogP contribution in [0, 0.1) is 17.8 Å². The van der Waals surface area contributed by atoms with Crippen LogP contribution in [0.4, 0.5) is 0 Å². The molecule has 2 N–H and O–H groups in total. The van der Waals surface area contributed by atoms with Crippen molar-refractivity contribution >= 4 is 11.8 Å². The second-order valence-electron chi connectivity index (χ2n) is 9.38. The highest BCUT2D eigenvalue weighted by molar-refractivity contribution is 5.92. The van der Waals surface area contributed by atoms with Crippen LogP contribution in [-0.4, -0.2) is 28.9 Å². The molecule has 4 aliphatic carbocycles. The molecular weight excluding hydrogens is 380 g/mol. The third kappa shape index (κ3) is 3.59. The number of nitrogens with zero attached hydrogens (tertiary/aromatic N) is 1. The van der Waals surface area contributed by atoms with Crippen LogP contribution in [0.5, 0.6) is 5.75 Å². The molecule has 0 unspecified atom stereocenters. The second-order valence-corrected chi connectivity index (χ2v) is 9.38.